The van der Waals surface area contributed by atoms with Crippen LogP contribution in [0.15, 0.2) is 24.7 Å². The van der Waals surface area contributed by atoms with Gasteiger partial charge in [-0.25, -0.2) is 4.98 Å². The van der Waals surface area contributed by atoms with Crippen molar-refractivity contribution in [2.75, 3.05) is 25.5 Å². The lowest BCUT2D eigenvalue weighted by atomic mass is 9.93. The Morgan fingerprint density at radius 2 is 2.14 bits per heavy atom. The van der Waals surface area contributed by atoms with Gasteiger partial charge in [0.2, 0.25) is 0 Å². The van der Waals surface area contributed by atoms with Gasteiger partial charge < -0.3 is 5.32 Å². The summed E-state index contributed by atoms with van der Waals surface area (Å²) in [7, 11) is 3.92. The second-order valence-electron chi connectivity index (χ2n) is 6.00. The lowest BCUT2D eigenvalue weighted by Crippen LogP contribution is -2.36. The fraction of sp³-hybridized carbons (Fsp3) is 0.562. The van der Waals surface area contributed by atoms with Gasteiger partial charge in [-0.3, -0.25) is 14.6 Å². The molecule has 6 heteroatoms. The molecular weight excluding hydrogens is 276 g/mol. The van der Waals surface area contributed by atoms with Crippen molar-refractivity contribution in [2.45, 2.75) is 25.8 Å². The van der Waals surface area contributed by atoms with E-state index in [4.69, 9.17) is 0 Å². The standard InChI is InChI=1S/C16H24N6/c1-17-16-15(18-7-8-19-16)10-13-4-3-9-22(11-13)12-14-5-6-20-21(14)2/h5-8,13H,3-4,9-12H2,1-2H3,(H,17,19)/t13-/m0/s1. The van der Waals surface area contributed by atoms with E-state index in [9.17, 15) is 0 Å². The molecule has 1 fully saturated rings. The molecule has 0 saturated carbocycles. The first-order chi connectivity index (χ1) is 10.8. The van der Waals surface area contributed by atoms with Gasteiger partial charge >= 0.3 is 0 Å². The summed E-state index contributed by atoms with van der Waals surface area (Å²) < 4.78 is 1.96. The summed E-state index contributed by atoms with van der Waals surface area (Å²) in [6, 6.07) is 2.10. The Labute approximate surface area is 131 Å². The molecule has 0 aromatic carbocycles. The molecule has 22 heavy (non-hydrogen) atoms. The first-order valence-electron chi connectivity index (χ1n) is 7.93. The smallest absolute Gasteiger partial charge is 0.147 e. The van der Waals surface area contributed by atoms with Crippen LogP contribution >= 0.6 is 0 Å². The van der Waals surface area contributed by atoms with E-state index in [1.165, 1.54) is 25.1 Å². The summed E-state index contributed by atoms with van der Waals surface area (Å²) in [5, 5.41) is 7.40. The van der Waals surface area contributed by atoms with Gasteiger partial charge in [-0.05, 0) is 37.8 Å². The normalized spacial score (nSPS) is 19.3. The monoisotopic (exact) mass is 300 g/mol. The molecule has 6 nitrogen and oxygen atoms in total. The van der Waals surface area contributed by atoms with Crippen LogP contribution in [0, 0.1) is 5.92 Å². The number of piperidine rings is 1. The summed E-state index contributed by atoms with van der Waals surface area (Å²) >= 11 is 0. The van der Waals surface area contributed by atoms with Gasteiger partial charge in [0, 0.05) is 45.8 Å². The Bertz CT molecular complexity index is 608. The molecule has 1 atom stereocenters. The summed E-state index contributed by atoms with van der Waals surface area (Å²) in [5.41, 5.74) is 2.36. The van der Waals surface area contributed by atoms with E-state index in [1.54, 1.807) is 12.4 Å². The Morgan fingerprint density at radius 1 is 1.27 bits per heavy atom. The molecule has 118 valence electrons. The largest absolute Gasteiger partial charge is 0.372 e. The van der Waals surface area contributed by atoms with Crippen molar-refractivity contribution in [1.29, 1.82) is 0 Å². The minimum atomic E-state index is 0.644. The number of nitrogens with zero attached hydrogens (tertiary/aromatic N) is 5. The zero-order valence-corrected chi connectivity index (χ0v) is 13.4. The Morgan fingerprint density at radius 3 is 2.91 bits per heavy atom. The number of nitrogens with one attached hydrogen (secondary N) is 1. The second-order valence-corrected chi connectivity index (χ2v) is 6.00. The molecule has 0 amide bonds. The fourth-order valence-electron chi connectivity index (χ4n) is 3.25. The highest BCUT2D eigenvalue weighted by Gasteiger charge is 2.22. The maximum atomic E-state index is 4.50. The summed E-state index contributed by atoms with van der Waals surface area (Å²) in [4.78, 5) is 11.4. The van der Waals surface area contributed by atoms with Crippen molar-refractivity contribution in [2.24, 2.45) is 13.0 Å². The average molecular weight is 300 g/mol. The van der Waals surface area contributed by atoms with Crippen molar-refractivity contribution < 1.29 is 0 Å². The third-order valence-corrected chi connectivity index (χ3v) is 4.40. The Balaban J connectivity index is 1.62. The van der Waals surface area contributed by atoms with Gasteiger partial charge in [0.25, 0.3) is 0 Å². The predicted molar refractivity (Wildman–Crippen MR) is 86.5 cm³/mol. The minimum absolute atomic E-state index is 0.644. The van der Waals surface area contributed by atoms with Crippen LogP contribution in [0.5, 0.6) is 0 Å². The minimum Gasteiger partial charge on any atom is -0.372 e. The molecule has 1 saturated heterocycles. The lowest BCUT2D eigenvalue weighted by molar-refractivity contribution is 0.163. The number of rotatable bonds is 5. The molecule has 2 aromatic heterocycles. The van der Waals surface area contributed by atoms with Gasteiger partial charge in [-0.15, -0.1) is 0 Å². The molecule has 0 bridgehead atoms. The van der Waals surface area contributed by atoms with Crippen molar-refractivity contribution >= 4 is 5.82 Å². The van der Waals surface area contributed by atoms with Crippen LogP contribution in [-0.2, 0) is 20.0 Å². The van der Waals surface area contributed by atoms with Crippen LogP contribution in [0.2, 0.25) is 0 Å². The van der Waals surface area contributed by atoms with Crippen molar-refractivity contribution in [3.63, 3.8) is 0 Å². The molecule has 0 unspecified atom stereocenters. The van der Waals surface area contributed by atoms with E-state index in [1.807, 2.05) is 25.0 Å². The van der Waals surface area contributed by atoms with E-state index < -0.39 is 0 Å². The van der Waals surface area contributed by atoms with Crippen molar-refractivity contribution in [1.82, 2.24) is 24.6 Å². The third-order valence-electron chi connectivity index (χ3n) is 4.40. The SMILES string of the molecule is CNc1nccnc1C[C@@H]1CCCN(Cc2ccnn2C)C1. The molecule has 1 aliphatic heterocycles. The number of aromatic nitrogens is 4. The zero-order valence-electron chi connectivity index (χ0n) is 13.4. The molecule has 0 aliphatic carbocycles. The molecule has 1 N–H and O–H groups in total. The van der Waals surface area contributed by atoms with E-state index in [2.05, 4.69) is 31.3 Å². The number of hydrogen-bond donors (Lipinski definition) is 1. The van der Waals surface area contributed by atoms with Crippen molar-refractivity contribution in [3.8, 4) is 0 Å². The third kappa shape index (κ3) is 3.44. The van der Waals surface area contributed by atoms with Gasteiger partial charge in [0.1, 0.15) is 5.82 Å². The van der Waals surface area contributed by atoms with Gasteiger partial charge in [0.15, 0.2) is 0 Å². The highest BCUT2D eigenvalue weighted by molar-refractivity contribution is 5.38. The van der Waals surface area contributed by atoms with Crippen LogP contribution in [0.4, 0.5) is 5.82 Å². The van der Waals surface area contributed by atoms with Crippen LogP contribution in [-0.4, -0.2) is 44.8 Å². The van der Waals surface area contributed by atoms with E-state index in [0.29, 0.717) is 5.92 Å². The lowest BCUT2D eigenvalue weighted by Gasteiger charge is -2.32. The number of hydrogen-bond acceptors (Lipinski definition) is 5. The van der Waals surface area contributed by atoms with E-state index in [-0.39, 0.29) is 0 Å². The Hall–Kier alpha value is -1.95. The molecular formula is C16H24N6. The molecule has 1 aliphatic rings. The number of aryl methyl sites for hydroxylation is 1. The molecule has 0 radical (unpaired) electrons. The van der Waals surface area contributed by atoms with Gasteiger partial charge in [0.05, 0.1) is 11.4 Å². The first kappa shape index (κ1) is 15.0. The van der Waals surface area contributed by atoms with Crippen LogP contribution < -0.4 is 5.32 Å². The Kier molecular flexibility index (Phi) is 4.68. The maximum absolute atomic E-state index is 4.50. The first-order valence-corrected chi connectivity index (χ1v) is 7.93. The zero-order chi connectivity index (χ0) is 15.4. The summed E-state index contributed by atoms with van der Waals surface area (Å²) in [6.45, 7) is 3.26. The van der Waals surface area contributed by atoms with Gasteiger partial charge in [-0.2, -0.15) is 5.10 Å². The predicted octanol–water partition coefficient (Wildman–Crippen LogP) is 1.71. The van der Waals surface area contributed by atoms with E-state index >= 15 is 0 Å². The summed E-state index contributed by atoms with van der Waals surface area (Å²) in [5.74, 6) is 1.55. The maximum Gasteiger partial charge on any atom is 0.147 e. The van der Waals surface area contributed by atoms with Gasteiger partial charge in [-0.1, -0.05) is 0 Å². The topological polar surface area (TPSA) is 58.9 Å². The van der Waals surface area contributed by atoms with Crippen LogP contribution in [0.1, 0.15) is 24.2 Å². The highest BCUT2D eigenvalue weighted by atomic mass is 15.3. The fourth-order valence-corrected chi connectivity index (χ4v) is 3.25. The van der Waals surface area contributed by atoms with Crippen LogP contribution in [0.3, 0.4) is 0 Å². The number of likely N-dealkylation sites (tertiary alicyclic amines) is 1. The quantitative estimate of drug-likeness (QED) is 0.911. The molecule has 2 aromatic rings. The average Bonchev–Trinajstić information content (AvgIpc) is 2.93. The van der Waals surface area contributed by atoms with Crippen LogP contribution in [0.25, 0.3) is 0 Å². The highest BCUT2D eigenvalue weighted by Crippen LogP contribution is 2.23. The number of anilines is 1. The second kappa shape index (κ2) is 6.87. The van der Waals surface area contributed by atoms with E-state index in [0.717, 1.165) is 31.0 Å². The molecule has 3 heterocycles. The molecule has 3 rings (SSSR count). The molecule has 0 spiro atoms. The van der Waals surface area contributed by atoms with Crippen molar-refractivity contribution in [3.05, 3.63) is 36.0 Å². The summed E-state index contributed by atoms with van der Waals surface area (Å²) in [6.07, 6.45) is 8.90.